The molecule has 122 valence electrons. The maximum absolute atomic E-state index is 12.0. The molecule has 0 spiro atoms. The van der Waals surface area contributed by atoms with Crippen molar-refractivity contribution < 1.29 is 24.2 Å². The molecule has 6 nitrogen and oxygen atoms in total. The largest absolute Gasteiger partial charge is 0.486 e. The summed E-state index contributed by atoms with van der Waals surface area (Å²) in [5.74, 6) is -0.196. The monoisotopic (exact) mass is 325 g/mol. The average molecular weight is 325 g/mol. The molecule has 2 N–H and O–H groups in total. The fourth-order valence-corrected chi connectivity index (χ4v) is 2.29. The Hall–Kier alpha value is -3.28. The van der Waals surface area contributed by atoms with Crippen LogP contribution in [-0.2, 0) is 4.79 Å². The minimum absolute atomic E-state index is 0.0404. The van der Waals surface area contributed by atoms with E-state index in [1.54, 1.807) is 36.4 Å². The van der Waals surface area contributed by atoms with Gasteiger partial charge in [0.1, 0.15) is 13.2 Å². The van der Waals surface area contributed by atoms with Gasteiger partial charge in [-0.3, -0.25) is 4.79 Å². The van der Waals surface area contributed by atoms with Crippen molar-refractivity contribution in [2.45, 2.75) is 0 Å². The number of rotatable bonds is 4. The Morgan fingerprint density at radius 3 is 2.58 bits per heavy atom. The molecule has 2 aromatic carbocycles. The molecule has 1 aliphatic rings. The van der Waals surface area contributed by atoms with Crippen LogP contribution in [0.5, 0.6) is 11.5 Å². The third-order valence-corrected chi connectivity index (χ3v) is 3.41. The molecular weight excluding hydrogens is 310 g/mol. The number of ether oxygens (including phenoxy) is 2. The highest BCUT2D eigenvalue weighted by Gasteiger charge is 2.12. The van der Waals surface area contributed by atoms with Crippen molar-refractivity contribution in [3.05, 3.63) is 59.7 Å². The second-order valence-corrected chi connectivity index (χ2v) is 5.08. The smallest absolute Gasteiger partial charge is 0.337 e. The number of fused-ring (bicyclic) bond motifs is 1. The van der Waals surface area contributed by atoms with Crippen LogP contribution in [0.3, 0.4) is 0 Å². The van der Waals surface area contributed by atoms with Crippen molar-refractivity contribution >= 4 is 23.6 Å². The highest BCUT2D eigenvalue weighted by molar-refractivity contribution is 6.06. The second kappa shape index (κ2) is 6.87. The lowest BCUT2D eigenvalue weighted by molar-refractivity contribution is -0.111. The van der Waals surface area contributed by atoms with E-state index < -0.39 is 11.9 Å². The van der Waals surface area contributed by atoms with Crippen molar-refractivity contribution in [1.29, 1.82) is 0 Å². The van der Waals surface area contributed by atoms with E-state index in [2.05, 4.69) is 5.32 Å². The van der Waals surface area contributed by atoms with E-state index >= 15 is 0 Å². The van der Waals surface area contributed by atoms with Gasteiger partial charge in [-0.2, -0.15) is 0 Å². The molecule has 0 aliphatic carbocycles. The molecular formula is C18H15NO5. The first-order chi connectivity index (χ1) is 11.6. The van der Waals surface area contributed by atoms with Crippen LogP contribution < -0.4 is 14.8 Å². The minimum atomic E-state index is -1.10. The predicted octanol–water partition coefficient (Wildman–Crippen LogP) is 2.81. The lowest BCUT2D eigenvalue weighted by Gasteiger charge is -2.18. The predicted molar refractivity (Wildman–Crippen MR) is 88.5 cm³/mol. The van der Waals surface area contributed by atoms with E-state index in [9.17, 15) is 9.59 Å². The summed E-state index contributed by atoms with van der Waals surface area (Å²) in [6.07, 6.45) is 2.96. The molecule has 0 saturated carbocycles. The number of hydrogen-bond acceptors (Lipinski definition) is 4. The van der Waals surface area contributed by atoms with Crippen molar-refractivity contribution in [2.24, 2.45) is 0 Å². The number of benzene rings is 2. The topological polar surface area (TPSA) is 84.9 Å². The number of carboxylic acid groups (broad SMARTS) is 1. The number of carboxylic acids is 1. The van der Waals surface area contributed by atoms with Crippen LogP contribution >= 0.6 is 0 Å². The highest BCUT2D eigenvalue weighted by atomic mass is 16.6. The van der Waals surface area contributed by atoms with Gasteiger partial charge in [-0.25, -0.2) is 4.79 Å². The van der Waals surface area contributed by atoms with Crippen molar-refractivity contribution in [2.75, 3.05) is 18.5 Å². The normalized spacial score (nSPS) is 12.8. The van der Waals surface area contributed by atoms with Gasteiger partial charge in [-0.05, 0) is 35.9 Å². The lowest BCUT2D eigenvalue weighted by atomic mass is 10.1. The molecule has 6 heteroatoms. The first-order valence-electron chi connectivity index (χ1n) is 7.34. The second-order valence-electron chi connectivity index (χ2n) is 5.08. The molecule has 0 radical (unpaired) electrons. The maximum atomic E-state index is 12.0. The number of carbonyl (C=O) groups is 2. The quantitative estimate of drug-likeness (QED) is 0.844. The van der Waals surface area contributed by atoms with E-state index in [4.69, 9.17) is 14.6 Å². The van der Waals surface area contributed by atoms with E-state index in [1.165, 1.54) is 12.1 Å². The number of nitrogens with one attached hydrogen (secondary N) is 1. The molecule has 0 unspecified atom stereocenters. The molecule has 1 heterocycles. The third-order valence-electron chi connectivity index (χ3n) is 3.41. The third kappa shape index (κ3) is 3.55. The van der Waals surface area contributed by atoms with Gasteiger partial charge in [0.05, 0.1) is 11.3 Å². The van der Waals surface area contributed by atoms with E-state index in [0.29, 0.717) is 24.7 Å². The molecule has 1 amide bonds. The van der Waals surface area contributed by atoms with Crippen molar-refractivity contribution in [1.82, 2.24) is 0 Å². The Labute approximate surface area is 138 Å². The number of amides is 1. The van der Waals surface area contributed by atoms with Gasteiger partial charge >= 0.3 is 5.97 Å². The Balaban J connectivity index is 1.71. The number of aromatic carboxylic acids is 1. The van der Waals surface area contributed by atoms with E-state index in [1.807, 2.05) is 6.07 Å². The van der Waals surface area contributed by atoms with Gasteiger partial charge in [0, 0.05) is 6.08 Å². The van der Waals surface area contributed by atoms with Gasteiger partial charge in [-0.15, -0.1) is 0 Å². The molecule has 3 rings (SSSR count). The number of anilines is 1. The Bertz CT molecular complexity index is 813. The van der Waals surface area contributed by atoms with Gasteiger partial charge in [0.2, 0.25) is 5.91 Å². The summed E-state index contributed by atoms with van der Waals surface area (Å²) in [6.45, 7) is 1.01. The average Bonchev–Trinajstić information content (AvgIpc) is 2.60. The van der Waals surface area contributed by atoms with E-state index in [-0.39, 0.29) is 11.3 Å². The maximum Gasteiger partial charge on any atom is 0.337 e. The van der Waals surface area contributed by atoms with Gasteiger partial charge in [-0.1, -0.05) is 18.2 Å². The zero-order valence-corrected chi connectivity index (χ0v) is 12.7. The van der Waals surface area contributed by atoms with Crippen molar-refractivity contribution in [3.63, 3.8) is 0 Å². The standard InChI is InChI=1S/C18H15NO5/c20-17(19-14-4-2-1-3-13(14)18(21)22)8-6-12-5-7-15-16(11-12)24-10-9-23-15/h1-8,11H,9-10H2,(H,19,20)(H,21,22). The molecule has 0 fully saturated rings. The van der Waals surface area contributed by atoms with Crippen LogP contribution in [0.4, 0.5) is 5.69 Å². The van der Waals surface area contributed by atoms with Crippen LogP contribution in [0.25, 0.3) is 6.08 Å². The zero-order chi connectivity index (χ0) is 16.9. The summed E-state index contributed by atoms with van der Waals surface area (Å²) in [4.78, 5) is 23.1. The number of carbonyl (C=O) groups excluding carboxylic acids is 1. The van der Waals surface area contributed by atoms with E-state index in [0.717, 1.165) is 5.56 Å². The first-order valence-corrected chi connectivity index (χ1v) is 7.34. The van der Waals surface area contributed by atoms with Crippen LogP contribution in [-0.4, -0.2) is 30.2 Å². The molecule has 0 aromatic heterocycles. The minimum Gasteiger partial charge on any atom is -0.486 e. The SMILES string of the molecule is O=C(C=Cc1ccc2c(c1)OCCO2)Nc1ccccc1C(=O)O. The zero-order valence-electron chi connectivity index (χ0n) is 12.7. The number of hydrogen-bond donors (Lipinski definition) is 2. The van der Waals surface area contributed by atoms with Gasteiger partial charge in [0.25, 0.3) is 0 Å². The fraction of sp³-hybridized carbons (Fsp3) is 0.111. The molecule has 2 aromatic rings. The Morgan fingerprint density at radius 1 is 1.04 bits per heavy atom. The molecule has 1 aliphatic heterocycles. The van der Waals surface area contributed by atoms with Crippen LogP contribution in [0.2, 0.25) is 0 Å². The summed E-state index contributed by atoms with van der Waals surface area (Å²) >= 11 is 0. The first kappa shape index (κ1) is 15.6. The highest BCUT2D eigenvalue weighted by Crippen LogP contribution is 2.31. The summed E-state index contributed by atoms with van der Waals surface area (Å²) in [7, 11) is 0. The van der Waals surface area contributed by atoms with Gasteiger partial charge < -0.3 is 19.9 Å². The Morgan fingerprint density at radius 2 is 1.79 bits per heavy atom. The van der Waals surface area contributed by atoms with Gasteiger partial charge in [0.15, 0.2) is 11.5 Å². The number of para-hydroxylation sites is 1. The van der Waals surface area contributed by atoms with Crippen molar-refractivity contribution in [3.8, 4) is 11.5 Å². The van der Waals surface area contributed by atoms with Crippen LogP contribution in [0.15, 0.2) is 48.5 Å². The summed E-state index contributed by atoms with van der Waals surface area (Å²) < 4.78 is 10.9. The Kier molecular flexibility index (Phi) is 4.47. The molecule has 0 bridgehead atoms. The lowest BCUT2D eigenvalue weighted by Crippen LogP contribution is -2.15. The summed E-state index contributed by atoms with van der Waals surface area (Å²) in [5.41, 5.74) is 1.07. The molecule has 0 saturated heterocycles. The van der Waals surface area contributed by atoms with Crippen LogP contribution in [0, 0.1) is 0 Å². The molecule has 24 heavy (non-hydrogen) atoms. The van der Waals surface area contributed by atoms with Crippen LogP contribution in [0.1, 0.15) is 15.9 Å². The fourth-order valence-electron chi connectivity index (χ4n) is 2.29. The summed E-state index contributed by atoms with van der Waals surface area (Å²) in [6, 6.07) is 11.6. The molecule has 0 atom stereocenters. The summed E-state index contributed by atoms with van der Waals surface area (Å²) in [5, 5.41) is 11.7.